The van der Waals surface area contributed by atoms with E-state index in [-0.39, 0.29) is 5.91 Å². The first-order valence-electron chi connectivity index (χ1n) is 12.8. The van der Waals surface area contributed by atoms with Gasteiger partial charge in [-0.2, -0.15) is 0 Å². The van der Waals surface area contributed by atoms with Crippen molar-refractivity contribution in [3.8, 4) is 23.3 Å². The lowest BCUT2D eigenvalue weighted by atomic mass is 10.0. The third kappa shape index (κ3) is 6.23. The zero-order valence-electron chi connectivity index (χ0n) is 22.4. The highest BCUT2D eigenvalue weighted by Gasteiger charge is 2.09. The molecule has 0 radical (unpaired) electrons. The fourth-order valence-electron chi connectivity index (χ4n) is 4.11. The SMILES string of the molecule is CNCc1cc(Oc2ccc(NC(=O)c3ccc(C)c(C#Cc4ccc5c(NC)ncnc5c4)c3)cc2)ccn1. The summed E-state index contributed by atoms with van der Waals surface area (Å²) in [5.74, 6) is 8.33. The predicted octanol–water partition coefficient (Wildman–Crippen LogP) is 5.54. The van der Waals surface area contributed by atoms with Crippen molar-refractivity contribution >= 4 is 28.3 Å². The van der Waals surface area contributed by atoms with Gasteiger partial charge < -0.3 is 20.7 Å². The Kier molecular flexibility index (Phi) is 7.95. The Bertz CT molecular complexity index is 1740. The minimum Gasteiger partial charge on any atom is -0.457 e. The van der Waals surface area contributed by atoms with E-state index in [2.05, 4.69) is 42.7 Å². The molecule has 2 heterocycles. The molecule has 2 aromatic heterocycles. The second-order valence-electron chi connectivity index (χ2n) is 9.08. The van der Waals surface area contributed by atoms with Crippen LogP contribution in [0.25, 0.3) is 10.9 Å². The maximum atomic E-state index is 13.0. The molecule has 5 rings (SSSR count). The molecule has 3 aromatic carbocycles. The fourth-order valence-corrected chi connectivity index (χ4v) is 4.11. The van der Waals surface area contributed by atoms with Gasteiger partial charge in [-0.25, -0.2) is 9.97 Å². The number of benzene rings is 3. The number of aryl methyl sites for hydroxylation is 1. The summed E-state index contributed by atoms with van der Waals surface area (Å²) < 4.78 is 5.93. The van der Waals surface area contributed by atoms with Crippen LogP contribution in [0.15, 0.2) is 85.3 Å². The van der Waals surface area contributed by atoms with Crippen LogP contribution in [0, 0.1) is 18.8 Å². The molecule has 0 saturated heterocycles. The summed E-state index contributed by atoms with van der Waals surface area (Å²) in [5, 5.41) is 10.0. The summed E-state index contributed by atoms with van der Waals surface area (Å²) in [7, 11) is 3.70. The number of hydrogen-bond acceptors (Lipinski definition) is 7. The molecule has 3 N–H and O–H groups in total. The Morgan fingerprint density at radius 1 is 0.875 bits per heavy atom. The molecule has 0 spiro atoms. The first-order valence-corrected chi connectivity index (χ1v) is 12.8. The first kappa shape index (κ1) is 26.4. The Morgan fingerprint density at radius 2 is 1.73 bits per heavy atom. The quantitative estimate of drug-likeness (QED) is 0.239. The van der Waals surface area contributed by atoms with Crippen molar-refractivity contribution in [2.75, 3.05) is 24.7 Å². The molecule has 0 saturated carbocycles. The van der Waals surface area contributed by atoms with E-state index >= 15 is 0 Å². The van der Waals surface area contributed by atoms with Crippen molar-refractivity contribution in [3.05, 3.63) is 113 Å². The highest BCUT2D eigenvalue weighted by molar-refractivity contribution is 6.04. The Hall–Kier alpha value is -5.26. The number of amides is 1. The predicted molar refractivity (Wildman–Crippen MR) is 158 cm³/mol. The van der Waals surface area contributed by atoms with Crippen molar-refractivity contribution in [1.82, 2.24) is 20.3 Å². The maximum Gasteiger partial charge on any atom is 0.255 e. The number of carbonyl (C=O) groups is 1. The number of pyridine rings is 1. The average molecular weight is 529 g/mol. The number of hydrogen-bond donors (Lipinski definition) is 3. The van der Waals surface area contributed by atoms with Gasteiger partial charge in [0, 0.05) is 53.6 Å². The summed E-state index contributed by atoms with van der Waals surface area (Å²) in [6.45, 7) is 2.63. The van der Waals surface area contributed by atoms with Crippen LogP contribution >= 0.6 is 0 Å². The van der Waals surface area contributed by atoms with Crippen molar-refractivity contribution in [3.63, 3.8) is 0 Å². The molecule has 0 bridgehead atoms. The number of carbonyl (C=O) groups excluding carboxylic acids is 1. The molecule has 5 aromatic rings. The molecule has 0 aliphatic carbocycles. The molecule has 0 atom stereocenters. The van der Waals surface area contributed by atoms with Gasteiger partial charge in [-0.05, 0) is 80.2 Å². The van der Waals surface area contributed by atoms with Crippen LogP contribution in [0.3, 0.4) is 0 Å². The van der Waals surface area contributed by atoms with Gasteiger partial charge >= 0.3 is 0 Å². The van der Waals surface area contributed by atoms with Gasteiger partial charge in [0.2, 0.25) is 0 Å². The van der Waals surface area contributed by atoms with Crippen molar-refractivity contribution in [2.45, 2.75) is 13.5 Å². The second kappa shape index (κ2) is 12.1. The molecular formula is C32H28N6O2. The molecule has 0 aliphatic heterocycles. The minimum atomic E-state index is -0.218. The summed E-state index contributed by atoms with van der Waals surface area (Å²) in [4.78, 5) is 25.9. The van der Waals surface area contributed by atoms with Gasteiger partial charge in [-0.3, -0.25) is 9.78 Å². The van der Waals surface area contributed by atoms with E-state index < -0.39 is 0 Å². The van der Waals surface area contributed by atoms with Crippen LogP contribution in [0.2, 0.25) is 0 Å². The first-order chi connectivity index (χ1) is 19.5. The molecule has 0 aliphatic rings. The monoisotopic (exact) mass is 528 g/mol. The molecule has 1 amide bonds. The van der Waals surface area contributed by atoms with E-state index in [0.29, 0.717) is 29.3 Å². The van der Waals surface area contributed by atoms with E-state index in [0.717, 1.165) is 39.1 Å². The summed E-state index contributed by atoms with van der Waals surface area (Å²) in [5.41, 5.74) is 5.48. The number of fused-ring (bicyclic) bond motifs is 1. The van der Waals surface area contributed by atoms with Gasteiger partial charge in [0.1, 0.15) is 23.6 Å². The number of aromatic nitrogens is 3. The van der Waals surface area contributed by atoms with Crippen LogP contribution < -0.4 is 20.7 Å². The highest BCUT2D eigenvalue weighted by atomic mass is 16.5. The lowest BCUT2D eigenvalue weighted by molar-refractivity contribution is 0.102. The van der Waals surface area contributed by atoms with Gasteiger partial charge in [0.25, 0.3) is 5.91 Å². The number of nitrogens with zero attached hydrogens (tertiary/aromatic N) is 3. The van der Waals surface area contributed by atoms with Gasteiger partial charge in [0.05, 0.1) is 11.2 Å². The van der Waals surface area contributed by atoms with Crippen LogP contribution in [0.5, 0.6) is 11.5 Å². The summed E-state index contributed by atoms with van der Waals surface area (Å²) in [6, 6.07) is 22.3. The van der Waals surface area contributed by atoms with Gasteiger partial charge in [-0.15, -0.1) is 0 Å². The number of rotatable bonds is 7. The topological polar surface area (TPSA) is 101 Å². The largest absolute Gasteiger partial charge is 0.457 e. The molecule has 40 heavy (non-hydrogen) atoms. The minimum absolute atomic E-state index is 0.218. The average Bonchev–Trinajstić information content (AvgIpc) is 2.97. The smallest absolute Gasteiger partial charge is 0.255 e. The van der Waals surface area contributed by atoms with E-state index in [1.807, 2.05) is 69.6 Å². The normalized spacial score (nSPS) is 10.5. The Morgan fingerprint density at radius 3 is 2.52 bits per heavy atom. The van der Waals surface area contributed by atoms with Crippen LogP contribution in [0.4, 0.5) is 11.5 Å². The molecule has 8 nitrogen and oxygen atoms in total. The maximum absolute atomic E-state index is 13.0. The number of nitrogens with one attached hydrogen (secondary N) is 3. The number of ether oxygens (including phenoxy) is 1. The Balaban J connectivity index is 1.28. The van der Waals surface area contributed by atoms with Gasteiger partial charge in [0.15, 0.2) is 0 Å². The molecule has 0 unspecified atom stereocenters. The summed E-state index contributed by atoms with van der Waals surface area (Å²) >= 11 is 0. The van der Waals surface area contributed by atoms with Crippen LogP contribution in [-0.2, 0) is 6.54 Å². The third-order valence-electron chi connectivity index (χ3n) is 6.21. The van der Waals surface area contributed by atoms with Gasteiger partial charge in [-0.1, -0.05) is 17.9 Å². The van der Waals surface area contributed by atoms with E-state index in [9.17, 15) is 4.79 Å². The summed E-state index contributed by atoms with van der Waals surface area (Å²) in [6.07, 6.45) is 3.24. The lowest BCUT2D eigenvalue weighted by Crippen LogP contribution is -2.12. The zero-order valence-corrected chi connectivity index (χ0v) is 22.4. The van der Waals surface area contributed by atoms with Crippen molar-refractivity contribution in [2.24, 2.45) is 0 Å². The van der Waals surface area contributed by atoms with Crippen molar-refractivity contribution in [1.29, 1.82) is 0 Å². The van der Waals surface area contributed by atoms with Crippen LogP contribution in [0.1, 0.15) is 32.7 Å². The number of anilines is 2. The fraction of sp³-hybridized carbons (Fsp3) is 0.125. The molecule has 198 valence electrons. The standard InChI is InChI=1S/C32H28N6O2/c1-21-4-7-24(17-23(21)8-5-22-6-13-29-30(16-22)36-20-37-31(29)34-3)32(39)38-25-9-11-27(12-10-25)40-28-14-15-35-26(18-28)19-33-2/h4,6-7,9-18,20,33H,19H2,1-3H3,(H,38,39)(H,34,36,37). The van der Waals surface area contributed by atoms with Crippen molar-refractivity contribution < 1.29 is 9.53 Å². The molecule has 0 fully saturated rings. The third-order valence-corrected chi connectivity index (χ3v) is 6.21. The van der Waals surface area contributed by atoms with Crippen LogP contribution in [-0.4, -0.2) is 35.0 Å². The second-order valence-corrected chi connectivity index (χ2v) is 9.08. The van der Waals surface area contributed by atoms with E-state index in [4.69, 9.17) is 4.74 Å². The van der Waals surface area contributed by atoms with E-state index in [1.54, 1.807) is 30.5 Å². The zero-order chi connectivity index (χ0) is 27.9. The lowest BCUT2D eigenvalue weighted by Gasteiger charge is -2.10. The highest BCUT2D eigenvalue weighted by Crippen LogP contribution is 2.24. The van der Waals surface area contributed by atoms with E-state index in [1.165, 1.54) is 6.33 Å². The molecule has 8 heteroatoms. The Labute approximate surface area is 232 Å². The molecular weight excluding hydrogens is 500 g/mol.